The highest BCUT2D eigenvalue weighted by molar-refractivity contribution is 8.13. The smallest absolute Gasteiger partial charge is 0.261 e. The summed E-state index contributed by atoms with van der Waals surface area (Å²) in [6.07, 6.45) is 0.693. The normalized spacial score (nSPS) is 19.1. The van der Waals surface area contributed by atoms with Crippen LogP contribution in [0.15, 0.2) is 23.1 Å². The largest absolute Gasteiger partial charge is 0.379 e. The second kappa shape index (κ2) is 5.67. The van der Waals surface area contributed by atoms with E-state index in [-0.39, 0.29) is 11.6 Å². The molecule has 0 spiro atoms. The van der Waals surface area contributed by atoms with Gasteiger partial charge >= 0.3 is 0 Å². The maximum atomic E-state index is 13.4. The van der Waals surface area contributed by atoms with Crippen molar-refractivity contribution in [2.75, 3.05) is 20.3 Å². The zero-order valence-electron chi connectivity index (χ0n) is 10.7. The molecule has 110 valence electrons. The first-order valence-corrected chi connectivity index (χ1v) is 8.20. The third-order valence-corrected chi connectivity index (χ3v) is 4.51. The van der Waals surface area contributed by atoms with Crippen LogP contribution in [0.4, 0.5) is 4.39 Å². The number of ether oxygens (including phenoxy) is 1. The molecular weight excluding hydrogens is 309 g/mol. The second-order valence-corrected chi connectivity index (χ2v) is 7.11. The monoisotopic (exact) mass is 321 g/mol. The number of amides is 1. The Morgan fingerprint density at radius 2 is 2.15 bits per heavy atom. The first kappa shape index (κ1) is 15.2. The quantitative estimate of drug-likeness (QED) is 0.794. The lowest BCUT2D eigenvalue weighted by Gasteiger charge is -2.23. The summed E-state index contributed by atoms with van der Waals surface area (Å²) >= 11 is 0. The lowest BCUT2D eigenvalue weighted by atomic mass is 10.1. The SMILES string of the molecule is CN(C(=O)c1cc(F)cc(S(=O)(=O)Cl)c1)C1CCOC1. The van der Waals surface area contributed by atoms with Gasteiger partial charge in [-0.25, -0.2) is 12.8 Å². The topological polar surface area (TPSA) is 63.7 Å². The van der Waals surface area contributed by atoms with Gasteiger partial charge in [0.1, 0.15) is 5.82 Å². The molecule has 0 saturated carbocycles. The highest BCUT2D eigenvalue weighted by atomic mass is 35.7. The van der Waals surface area contributed by atoms with Crippen molar-refractivity contribution >= 4 is 25.6 Å². The van der Waals surface area contributed by atoms with Gasteiger partial charge in [0.25, 0.3) is 15.0 Å². The van der Waals surface area contributed by atoms with Gasteiger partial charge in [0.15, 0.2) is 0 Å². The molecule has 0 aromatic heterocycles. The van der Waals surface area contributed by atoms with Crippen molar-refractivity contribution < 1.29 is 22.3 Å². The van der Waals surface area contributed by atoms with Crippen molar-refractivity contribution in [3.8, 4) is 0 Å². The van der Waals surface area contributed by atoms with Crippen LogP contribution in [-0.4, -0.2) is 45.5 Å². The van der Waals surface area contributed by atoms with E-state index in [0.29, 0.717) is 19.6 Å². The molecule has 20 heavy (non-hydrogen) atoms. The Morgan fingerprint density at radius 3 is 2.70 bits per heavy atom. The third kappa shape index (κ3) is 3.28. The highest BCUT2D eigenvalue weighted by Crippen LogP contribution is 2.21. The van der Waals surface area contributed by atoms with E-state index >= 15 is 0 Å². The Bertz CT molecular complexity index is 628. The molecule has 0 radical (unpaired) electrons. The standard InChI is InChI=1S/C12H13ClFNO4S/c1-15(10-2-3-19-7-10)12(16)8-4-9(14)6-11(5-8)20(13,17)18/h4-6,10H,2-3,7H2,1H3. The lowest BCUT2D eigenvalue weighted by Crippen LogP contribution is -2.37. The molecule has 1 aliphatic rings. The Hall–Kier alpha value is -1.18. The molecule has 1 aromatic carbocycles. The van der Waals surface area contributed by atoms with Gasteiger partial charge in [-0.1, -0.05) is 0 Å². The summed E-state index contributed by atoms with van der Waals surface area (Å²) in [5, 5.41) is 0. The highest BCUT2D eigenvalue weighted by Gasteiger charge is 2.26. The number of nitrogens with zero attached hydrogens (tertiary/aromatic N) is 1. The van der Waals surface area contributed by atoms with E-state index in [1.54, 1.807) is 7.05 Å². The van der Waals surface area contributed by atoms with Crippen LogP contribution in [0.3, 0.4) is 0 Å². The third-order valence-electron chi connectivity index (χ3n) is 3.17. The van der Waals surface area contributed by atoms with Crippen LogP contribution in [0, 0.1) is 5.82 Å². The van der Waals surface area contributed by atoms with Crippen LogP contribution in [0.1, 0.15) is 16.8 Å². The van der Waals surface area contributed by atoms with Crippen molar-refractivity contribution in [3.63, 3.8) is 0 Å². The number of hydrogen-bond donors (Lipinski definition) is 0. The zero-order valence-corrected chi connectivity index (χ0v) is 12.2. The van der Waals surface area contributed by atoms with E-state index in [0.717, 1.165) is 18.2 Å². The Morgan fingerprint density at radius 1 is 1.45 bits per heavy atom. The molecule has 1 fully saturated rings. The molecule has 1 amide bonds. The molecule has 0 N–H and O–H groups in total. The summed E-state index contributed by atoms with van der Waals surface area (Å²) in [7, 11) is 2.66. The maximum Gasteiger partial charge on any atom is 0.261 e. The van der Waals surface area contributed by atoms with Gasteiger partial charge in [0.2, 0.25) is 0 Å². The number of rotatable bonds is 3. The molecule has 0 aliphatic carbocycles. The van der Waals surface area contributed by atoms with Crippen LogP contribution >= 0.6 is 10.7 Å². The van der Waals surface area contributed by atoms with Gasteiger partial charge in [0.05, 0.1) is 17.5 Å². The van der Waals surface area contributed by atoms with Gasteiger partial charge in [-0.05, 0) is 24.6 Å². The Kier molecular flexibility index (Phi) is 4.31. The van der Waals surface area contributed by atoms with Crippen molar-refractivity contribution in [1.82, 2.24) is 4.90 Å². The molecule has 1 heterocycles. The fraction of sp³-hybridized carbons (Fsp3) is 0.417. The van der Waals surface area contributed by atoms with E-state index < -0.39 is 25.7 Å². The lowest BCUT2D eigenvalue weighted by molar-refractivity contribution is 0.0710. The molecule has 8 heteroatoms. The Balaban J connectivity index is 2.32. The minimum absolute atomic E-state index is 0.0568. The van der Waals surface area contributed by atoms with E-state index in [9.17, 15) is 17.6 Å². The fourth-order valence-corrected chi connectivity index (χ4v) is 2.81. The van der Waals surface area contributed by atoms with E-state index in [1.165, 1.54) is 4.90 Å². The summed E-state index contributed by atoms with van der Waals surface area (Å²) in [5.74, 6) is -1.30. The summed E-state index contributed by atoms with van der Waals surface area (Å²) in [6, 6.07) is 2.74. The van der Waals surface area contributed by atoms with Crippen molar-refractivity contribution in [2.45, 2.75) is 17.4 Å². The molecule has 5 nitrogen and oxygen atoms in total. The molecule has 1 saturated heterocycles. The fourth-order valence-electron chi connectivity index (χ4n) is 2.02. The first-order chi connectivity index (χ1) is 9.29. The minimum atomic E-state index is -4.09. The zero-order chi connectivity index (χ0) is 14.9. The molecule has 2 rings (SSSR count). The number of carbonyl (C=O) groups is 1. The molecule has 1 unspecified atom stereocenters. The molecule has 1 atom stereocenters. The predicted octanol–water partition coefficient (Wildman–Crippen LogP) is 1.61. The molecular formula is C12H13ClFNO4S. The van der Waals surface area contributed by atoms with Gasteiger partial charge in [-0.15, -0.1) is 0 Å². The summed E-state index contributed by atoms with van der Waals surface area (Å²) in [5.41, 5.74) is -0.0568. The summed E-state index contributed by atoms with van der Waals surface area (Å²) in [6.45, 7) is 0.977. The second-order valence-electron chi connectivity index (χ2n) is 4.55. The van der Waals surface area contributed by atoms with Crippen molar-refractivity contribution in [1.29, 1.82) is 0 Å². The Labute approximate surface area is 120 Å². The van der Waals surface area contributed by atoms with Crippen molar-refractivity contribution in [2.24, 2.45) is 0 Å². The molecule has 1 aliphatic heterocycles. The van der Waals surface area contributed by atoms with E-state index in [2.05, 4.69) is 0 Å². The maximum absolute atomic E-state index is 13.4. The van der Waals surface area contributed by atoms with Crippen LogP contribution in [0.5, 0.6) is 0 Å². The molecule has 0 bridgehead atoms. The van der Waals surface area contributed by atoms with Crippen LogP contribution in [-0.2, 0) is 13.8 Å². The first-order valence-electron chi connectivity index (χ1n) is 5.89. The number of halogens is 2. The van der Waals surface area contributed by atoms with Gasteiger partial charge in [0, 0.05) is 29.9 Å². The summed E-state index contributed by atoms with van der Waals surface area (Å²) in [4.78, 5) is 13.2. The number of carbonyl (C=O) groups excluding carboxylic acids is 1. The number of benzene rings is 1. The van der Waals surface area contributed by atoms with E-state index in [1.807, 2.05) is 0 Å². The average molecular weight is 322 g/mol. The predicted molar refractivity (Wildman–Crippen MR) is 70.8 cm³/mol. The van der Waals surface area contributed by atoms with Crippen LogP contribution in [0.25, 0.3) is 0 Å². The number of hydrogen-bond acceptors (Lipinski definition) is 4. The van der Waals surface area contributed by atoms with E-state index in [4.69, 9.17) is 15.4 Å². The minimum Gasteiger partial charge on any atom is -0.379 e. The van der Waals surface area contributed by atoms with Crippen LogP contribution in [0.2, 0.25) is 0 Å². The van der Waals surface area contributed by atoms with Gasteiger partial charge in [-0.2, -0.15) is 0 Å². The van der Waals surface area contributed by atoms with Crippen molar-refractivity contribution in [3.05, 3.63) is 29.6 Å². The van der Waals surface area contributed by atoms with Crippen LogP contribution < -0.4 is 0 Å². The average Bonchev–Trinajstić information content (AvgIpc) is 2.89. The van der Waals surface area contributed by atoms with Gasteiger partial charge in [-0.3, -0.25) is 4.79 Å². The number of likely N-dealkylation sites (N-methyl/N-ethyl adjacent to an activating group) is 1. The summed E-state index contributed by atoms with van der Waals surface area (Å²) < 4.78 is 41.1. The molecule has 1 aromatic rings. The van der Waals surface area contributed by atoms with Gasteiger partial charge < -0.3 is 9.64 Å².